The van der Waals surface area contributed by atoms with Crippen molar-refractivity contribution in [2.75, 3.05) is 21.2 Å². The van der Waals surface area contributed by atoms with Crippen LogP contribution in [0.15, 0.2) is 23.1 Å². The third-order valence-electron chi connectivity index (χ3n) is 1.91. The molecule has 0 aliphatic carbocycles. The number of thioether (sulfide) groups is 1. The molecule has 0 atom stereocenters. The van der Waals surface area contributed by atoms with Crippen molar-refractivity contribution in [1.29, 1.82) is 0 Å². The Kier molecular flexibility index (Phi) is 4.84. The van der Waals surface area contributed by atoms with Gasteiger partial charge in [0.1, 0.15) is 0 Å². The molecule has 0 fully saturated rings. The first-order valence-electron chi connectivity index (χ1n) is 4.72. The van der Waals surface area contributed by atoms with Crippen molar-refractivity contribution < 1.29 is 14.3 Å². The third kappa shape index (κ3) is 3.64. The SMILES string of the molecule is COC(=O)c1cc(Cl)ccc1SC(=O)N(C)C. The number of benzene rings is 1. The highest BCUT2D eigenvalue weighted by molar-refractivity contribution is 8.13. The van der Waals surface area contributed by atoms with E-state index in [2.05, 4.69) is 4.74 Å². The number of rotatable bonds is 2. The number of esters is 1. The van der Waals surface area contributed by atoms with Crippen LogP contribution in [0.1, 0.15) is 10.4 Å². The molecule has 6 heteroatoms. The summed E-state index contributed by atoms with van der Waals surface area (Å²) in [5.74, 6) is -0.512. The summed E-state index contributed by atoms with van der Waals surface area (Å²) in [5.41, 5.74) is 0.292. The molecule has 0 spiro atoms. The molecule has 0 N–H and O–H groups in total. The van der Waals surface area contributed by atoms with Gasteiger partial charge < -0.3 is 9.64 Å². The summed E-state index contributed by atoms with van der Waals surface area (Å²) in [7, 11) is 4.57. The Hall–Kier alpha value is -1.20. The van der Waals surface area contributed by atoms with E-state index in [0.717, 1.165) is 11.8 Å². The molecule has 17 heavy (non-hydrogen) atoms. The first-order valence-corrected chi connectivity index (χ1v) is 5.92. The number of halogens is 1. The fourth-order valence-corrected chi connectivity index (χ4v) is 1.98. The average Bonchev–Trinajstić information content (AvgIpc) is 2.30. The molecular formula is C11H12ClNO3S. The molecule has 0 radical (unpaired) electrons. The van der Waals surface area contributed by atoms with E-state index in [1.54, 1.807) is 26.2 Å². The molecule has 1 rings (SSSR count). The molecule has 1 aromatic carbocycles. The first-order chi connectivity index (χ1) is 7.95. The normalized spacial score (nSPS) is 9.88. The van der Waals surface area contributed by atoms with Crippen LogP contribution < -0.4 is 0 Å². The molecule has 0 unspecified atom stereocenters. The van der Waals surface area contributed by atoms with E-state index in [1.807, 2.05) is 0 Å². The molecular weight excluding hydrogens is 262 g/mol. The van der Waals surface area contributed by atoms with Crippen LogP contribution in [0.4, 0.5) is 4.79 Å². The van der Waals surface area contributed by atoms with Crippen molar-refractivity contribution in [2.24, 2.45) is 0 Å². The highest BCUT2D eigenvalue weighted by atomic mass is 35.5. The number of nitrogens with zero attached hydrogens (tertiary/aromatic N) is 1. The van der Waals surface area contributed by atoms with Gasteiger partial charge in [0, 0.05) is 24.0 Å². The van der Waals surface area contributed by atoms with Crippen LogP contribution in [0.3, 0.4) is 0 Å². The standard InChI is InChI=1S/C11H12ClNO3S/c1-13(2)11(15)17-9-5-4-7(12)6-8(9)10(14)16-3/h4-6H,1-3H3. The van der Waals surface area contributed by atoms with Gasteiger partial charge in [-0.15, -0.1) is 0 Å². The Balaban J connectivity index is 3.06. The molecule has 0 heterocycles. The van der Waals surface area contributed by atoms with Gasteiger partial charge in [-0.2, -0.15) is 0 Å². The topological polar surface area (TPSA) is 46.6 Å². The number of ether oxygens (including phenoxy) is 1. The minimum absolute atomic E-state index is 0.169. The largest absolute Gasteiger partial charge is 0.465 e. The summed E-state index contributed by atoms with van der Waals surface area (Å²) >= 11 is 6.76. The molecule has 4 nitrogen and oxygen atoms in total. The van der Waals surface area contributed by atoms with Crippen molar-refractivity contribution in [2.45, 2.75) is 4.90 Å². The van der Waals surface area contributed by atoms with Crippen molar-refractivity contribution in [3.63, 3.8) is 0 Å². The van der Waals surface area contributed by atoms with Crippen LogP contribution in [-0.4, -0.2) is 37.3 Å². The Labute approximate surface area is 109 Å². The second kappa shape index (κ2) is 5.93. The van der Waals surface area contributed by atoms with E-state index in [1.165, 1.54) is 18.1 Å². The Bertz CT molecular complexity index is 448. The minimum Gasteiger partial charge on any atom is -0.465 e. The predicted octanol–water partition coefficient (Wildman–Crippen LogP) is 2.90. The summed E-state index contributed by atoms with van der Waals surface area (Å²) in [6.07, 6.45) is 0. The number of amides is 1. The summed E-state index contributed by atoms with van der Waals surface area (Å²) in [6.45, 7) is 0. The maximum atomic E-state index is 11.6. The van der Waals surface area contributed by atoms with Crippen LogP contribution in [0.25, 0.3) is 0 Å². The van der Waals surface area contributed by atoms with Gasteiger partial charge in [0.2, 0.25) is 0 Å². The van der Waals surface area contributed by atoms with Gasteiger partial charge in [-0.05, 0) is 30.0 Å². The third-order valence-corrected chi connectivity index (χ3v) is 3.26. The number of carbonyl (C=O) groups is 2. The van der Waals surface area contributed by atoms with E-state index >= 15 is 0 Å². The summed E-state index contributed by atoms with van der Waals surface area (Å²) in [5, 5.41) is 0.254. The van der Waals surface area contributed by atoms with Crippen LogP contribution >= 0.6 is 23.4 Å². The zero-order valence-corrected chi connectivity index (χ0v) is 11.3. The monoisotopic (exact) mass is 273 g/mol. The molecule has 0 saturated heterocycles. The van der Waals surface area contributed by atoms with Crippen molar-refractivity contribution in [3.05, 3.63) is 28.8 Å². The van der Waals surface area contributed by atoms with Crippen LogP contribution in [-0.2, 0) is 4.74 Å². The zero-order valence-electron chi connectivity index (χ0n) is 9.69. The van der Waals surface area contributed by atoms with Crippen molar-refractivity contribution in [3.8, 4) is 0 Å². The van der Waals surface area contributed by atoms with Gasteiger partial charge in [0.25, 0.3) is 5.24 Å². The van der Waals surface area contributed by atoms with E-state index in [-0.39, 0.29) is 5.24 Å². The molecule has 0 aliphatic rings. The number of carbonyl (C=O) groups excluding carboxylic acids is 2. The lowest BCUT2D eigenvalue weighted by molar-refractivity contribution is 0.0597. The molecule has 1 aromatic rings. The molecule has 0 saturated carbocycles. The Morgan fingerprint density at radius 1 is 1.35 bits per heavy atom. The summed E-state index contributed by atoms with van der Waals surface area (Å²) in [4.78, 5) is 25.0. The van der Waals surface area contributed by atoms with Gasteiger partial charge in [0.15, 0.2) is 0 Å². The van der Waals surface area contributed by atoms with Gasteiger partial charge in [-0.25, -0.2) is 4.79 Å². The Morgan fingerprint density at radius 2 is 2.00 bits per heavy atom. The zero-order chi connectivity index (χ0) is 13.0. The van der Waals surface area contributed by atoms with Gasteiger partial charge in [-0.1, -0.05) is 11.6 Å². The lowest BCUT2D eigenvalue weighted by Crippen LogP contribution is -2.16. The lowest BCUT2D eigenvalue weighted by Gasteiger charge is -2.11. The molecule has 1 amide bonds. The van der Waals surface area contributed by atoms with E-state index < -0.39 is 5.97 Å². The highest BCUT2D eigenvalue weighted by Crippen LogP contribution is 2.27. The molecule has 0 aliphatic heterocycles. The number of methoxy groups -OCH3 is 1. The van der Waals surface area contributed by atoms with E-state index in [4.69, 9.17) is 11.6 Å². The maximum absolute atomic E-state index is 11.6. The lowest BCUT2D eigenvalue weighted by atomic mass is 10.2. The number of hydrogen-bond acceptors (Lipinski definition) is 4. The maximum Gasteiger partial charge on any atom is 0.339 e. The molecule has 92 valence electrons. The van der Waals surface area contributed by atoms with Gasteiger partial charge in [0.05, 0.1) is 12.7 Å². The highest BCUT2D eigenvalue weighted by Gasteiger charge is 2.16. The second-order valence-corrected chi connectivity index (χ2v) is 4.82. The van der Waals surface area contributed by atoms with Crippen molar-refractivity contribution in [1.82, 2.24) is 4.90 Å². The summed E-state index contributed by atoms with van der Waals surface area (Å²) in [6, 6.07) is 4.73. The van der Waals surface area contributed by atoms with Crippen molar-refractivity contribution >= 4 is 34.6 Å². The van der Waals surface area contributed by atoms with Gasteiger partial charge in [-0.3, -0.25) is 4.79 Å². The van der Waals surface area contributed by atoms with E-state index in [9.17, 15) is 9.59 Å². The molecule has 0 aromatic heterocycles. The predicted molar refractivity (Wildman–Crippen MR) is 67.7 cm³/mol. The number of hydrogen-bond donors (Lipinski definition) is 0. The van der Waals surface area contributed by atoms with Gasteiger partial charge >= 0.3 is 5.97 Å². The quantitative estimate of drug-likeness (QED) is 0.614. The van der Waals surface area contributed by atoms with Crippen LogP contribution in [0, 0.1) is 0 Å². The fraction of sp³-hybridized carbons (Fsp3) is 0.273. The van der Waals surface area contributed by atoms with Crippen LogP contribution in [0.2, 0.25) is 5.02 Å². The Morgan fingerprint density at radius 3 is 2.53 bits per heavy atom. The fourth-order valence-electron chi connectivity index (χ4n) is 1.05. The van der Waals surface area contributed by atoms with E-state index in [0.29, 0.717) is 15.5 Å². The summed E-state index contributed by atoms with van der Waals surface area (Å²) < 4.78 is 4.64. The second-order valence-electron chi connectivity index (χ2n) is 3.39. The minimum atomic E-state index is -0.512. The van der Waals surface area contributed by atoms with Crippen LogP contribution in [0.5, 0.6) is 0 Å². The average molecular weight is 274 g/mol. The first kappa shape index (κ1) is 13.9. The molecule has 0 bridgehead atoms. The smallest absolute Gasteiger partial charge is 0.339 e.